The molecule has 0 aromatic rings. The quantitative estimate of drug-likeness (QED) is 0.703. The fourth-order valence-electron chi connectivity index (χ4n) is 1.77. The normalized spacial score (nSPS) is 15.6. The van der Waals surface area contributed by atoms with E-state index < -0.39 is 0 Å². The van der Waals surface area contributed by atoms with Crippen molar-refractivity contribution in [2.24, 2.45) is 0 Å². The van der Waals surface area contributed by atoms with Gasteiger partial charge in [0.15, 0.2) is 0 Å². The van der Waals surface area contributed by atoms with Crippen LogP contribution in [0, 0.1) is 0 Å². The van der Waals surface area contributed by atoms with Crippen LogP contribution in [0.5, 0.6) is 0 Å². The van der Waals surface area contributed by atoms with Crippen molar-refractivity contribution in [2.45, 2.75) is 19.8 Å². The molecule has 0 atom stereocenters. The summed E-state index contributed by atoms with van der Waals surface area (Å²) < 4.78 is 0. The molecule has 17 heavy (non-hydrogen) atoms. The minimum Gasteiger partial charge on any atom is -0.359 e. The molecule has 6 heteroatoms. The molecule has 1 N–H and O–H groups in total. The first-order valence-corrected chi connectivity index (χ1v) is 5.78. The topological polar surface area (TPSA) is 69.7 Å². The molecular formula is C11H19N3O3. The third kappa shape index (κ3) is 4.05. The van der Waals surface area contributed by atoms with Gasteiger partial charge in [0.1, 0.15) is 0 Å². The fourth-order valence-corrected chi connectivity index (χ4v) is 1.77. The molecule has 0 aromatic heterocycles. The number of nitrogens with one attached hydrogen (secondary N) is 1. The average Bonchev–Trinajstić information content (AvgIpc) is 2.35. The van der Waals surface area contributed by atoms with Crippen LogP contribution in [-0.2, 0) is 14.4 Å². The molecule has 0 saturated carbocycles. The standard InChI is InChI=1S/C11H19N3O3/c1-9(15)13-5-7-14(8-6-13)11(17)4-3-10(16)12-2/h3-8H2,1-2H3,(H,12,16). The van der Waals surface area contributed by atoms with E-state index in [-0.39, 0.29) is 30.6 Å². The zero-order valence-electron chi connectivity index (χ0n) is 10.4. The van der Waals surface area contributed by atoms with Gasteiger partial charge in [-0.2, -0.15) is 0 Å². The van der Waals surface area contributed by atoms with Crippen LogP contribution in [0.2, 0.25) is 0 Å². The van der Waals surface area contributed by atoms with Crippen LogP contribution in [0.25, 0.3) is 0 Å². The molecule has 0 aromatic carbocycles. The van der Waals surface area contributed by atoms with Gasteiger partial charge in [0.05, 0.1) is 0 Å². The molecule has 1 aliphatic rings. The van der Waals surface area contributed by atoms with Crippen molar-refractivity contribution in [3.63, 3.8) is 0 Å². The molecule has 0 spiro atoms. The minimum atomic E-state index is -0.124. The lowest BCUT2D eigenvalue weighted by Crippen LogP contribution is -2.50. The summed E-state index contributed by atoms with van der Waals surface area (Å²) in [4.78, 5) is 37.3. The third-order valence-electron chi connectivity index (χ3n) is 2.92. The van der Waals surface area contributed by atoms with Crippen LogP contribution in [0.1, 0.15) is 19.8 Å². The van der Waals surface area contributed by atoms with E-state index in [0.717, 1.165) is 0 Å². The first-order valence-electron chi connectivity index (χ1n) is 5.78. The van der Waals surface area contributed by atoms with Gasteiger partial charge in [-0.25, -0.2) is 0 Å². The summed E-state index contributed by atoms with van der Waals surface area (Å²) in [5, 5.41) is 2.48. The second-order valence-corrected chi connectivity index (χ2v) is 4.06. The monoisotopic (exact) mass is 241 g/mol. The Morgan fingerprint density at radius 2 is 1.53 bits per heavy atom. The average molecular weight is 241 g/mol. The van der Waals surface area contributed by atoms with Crippen molar-refractivity contribution < 1.29 is 14.4 Å². The summed E-state index contributed by atoms with van der Waals surface area (Å²) in [5.41, 5.74) is 0. The molecule has 0 unspecified atom stereocenters. The fraction of sp³-hybridized carbons (Fsp3) is 0.727. The van der Waals surface area contributed by atoms with Crippen LogP contribution >= 0.6 is 0 Å². The molecule has 1 heterocycles. The summed E-state index contributed by atoms with van der Waals surface area (Å²) in [7, 11) is 1.55. The highest BCUT2D eigenvalue weighted by molar-refractivity contribution is 5.83. The second kappa shape index (κ2) is 6.22. The number of carbonyl (C=O) groups excluding carboxylic acids is 3. The lowest BCUT2D eigenvalue weighted by atomic mass is 10.2. The number of amides is 3. The maximum atomic E-state index is 11.7. The van der Waals surface area contributed by atoms with E-state index in [9.17, 15) is 14.4 Å². The minimum absolute atomic E-state index is 0.0168. The van der Waals surface area contributed by atoms with Crippen molar-refractivity contribution in [2.75, 3.05) is 33.2 Å². The highest BCUT2D eigenvalue weighted by Crippen LogP contribution is 2.05. The van der Waals surface area contributed by atoms with Crippen molar-refractivity contribution in [3.05, 3.63) is 0 Å². The first-order chi connectivity index (χ1) is 8.04. The smallest absolute Gasteiger partial charge is 0.223 e. The Labute approximate surface area is 101 Å². The summed E-state index contributed by atoms with van der Waals surface area (Å²) in [6.45, 7) is 3.82. The van der Waals surface area contributed by atoms with Crippen LogP contribution < -0.4 is 5.32 Å². The summed E-state index contributed by atoms with van der Waals surface area (Å²) in [6, 6.07) is 0. The van der Waals surface area contributed by atoms with Gasteiger partial charge >= 0.3 is 0 Å². The zero-order chi connectivity index (χ0) is 12.8. The third-order valence-corrected chi connectivity index (χ3v) is 2.92. The number of rotatable bonds is 3. The summed E-state index contributed by atoms with van der Waals surface area (Å²) >= 11 is 0. The summed E-state index contributed by atoms with van der Waals surface area (Å²) in [6.07, 6.45) is 0.460. The molecule has 0 aliphatic carbocycles. The maximum Gasteiger partial charge on any atom is 0.223 e. The Morgan fingerprint density at radius 1 is 1.00 bits per heavy atom. The van der Waals surface area contributed by atoms with Gasteiger partial charge in [-0.05, 0) is 0 Å². The highest BCUT2D eigenvalue weighted by Gasteiger charge is 2.22. The molecule has 0 radical (unpaired) electrons. The van der Waals surface area contributed by atoms with Crippen LogP contribution in [0.3, 0.4) is 0 Å². The molecule has 96 valence electrons. The molecule has 3 amide bonds. The summed E-state index contributed by atoms with van der Waals surface area (Å²) in [5.74, 6) is -0.0972. The van der Waals surface area contributed by atoms with Crippen LogP contribution in [0.4, 0.5) is 0 Å². The van der Waals surface area contributed by atoms with Crippen LogP contribution in [0.15, 0.2) is 0 Å². The van der Waals surface area contributed by atoms with E-state index in [1.807, 2.05) is 0 Å². The van der Waals surface area contributed by atoms with Crippen molar-refractivity contribution >= 4 is 17.7 Å². The number of carbonyl (C=O) groups is 3. The van der Waals surface area contributed by atoms with E-state index in [1.54, 1.807) is 16.8 Å². The Hall–Kier alpha value is -1.59. The number of nitrogens with zero attached hydrogens (tertiary/aromatic N) is 2. The second-order valence-electron chi connectivity index (χ2n) is 4.06. The van der Waals surface area contributed by atoms with Gasteiger partial charge in [0, 0.05) is 53.0 Å². The van der Waals surface area contributed by atoms with Gasteiger partial charge in [-0.15, -0.1) is 0 Å². The molecular weight excluding hydrogens is 222 g/mol. The van der Waals surface area contributed by atoms with Gasteiger partial charge < -0.3 is 15.1 Å². The molecule has 6 nitrogen and oxygen atoms in total. The van der Waals surface area contributed by atoms with E-state index >= 15 is 0 Å². The number of hydrogen-bond acceptors (Lipinski definition) is 3. The van der Waals surface area contributed by atoms with Gasteiger partial charge in [0.2, 0.25) is 17.7 Å². The molecule has 1 saturated heterocycles. The molecule has 0 bridgehead atoms. The molecule has 1 rings (SSSR count). The van der Waals surface area contributed by atoms with Crippen molar-refractivity contribution in [1.82, 2.24) is 15.1 Å². The zero-order valence-corrected chi connectivity index (χ0v) is 10.4. The van der Waals surface area contributed by atoms with Crippen LogP contribution in [-0.4, -0.2) is 60.7 Å². The SMILES string of the molecule is CNC(=O)CCC(=O)N1CCN(C(C)=O)CC1. The van der Waals surface area contributed by atoms with E-state index in [2.05, 4.69) is 5.32 Å². The highest BCUT2D eigenvalue weighted by atomic mass is 16.2. The van der Waals surface area contributed by atoms with E-state index in [0.29, 0.717) is 26.2 Å². The lowest BCUT2D eigenvalue weighted by molar-refractivity contribution is -0.139. The van der Waals surface area contributed by atoms with Crippen molar-refractivity contribution in [1.29, 1.82) is 0 Å². The van der Waals surface area contributed by atoms with E-state index in [4.69, 9.17) is 0 Å². The Balaban J connectivity index is 2.31. The lowest BCUT2D eigenvalue weighted by Gasteiger charge is -2.34. The predicted octanol–water partition coefficient (Wildman–Crippen LogP) is -0.797. The largest absolute Gasteiger partial charge is 0.359 e. The Bertz CT molecular complexity index is 309. The first kappa shape index (κ1) is 13.5. The van der Waals surface area contributed by atoms with Gasteiger partial charge in [0.25, 0.3) is 0 Å². The predicted molar refractivity (Wildman–Crippen MR) is 62.1 cm³/mol. The molecule has 1 fully saturated rings. The number of piperazine rings is 1. The van der Waals surface area contributed by atoms with Crippen molar-refractivity contribution in [3.8, 4) is 0 Å². The maximum absolute atomic E-state index is 11.7. The number of hydrogen-bond donors (Lipinski definition) is 1. The van der Waals surface area contributed by atoms with Gasteiger partial charge in [-0.1, -0.05) is 0 Å². The Morgan fingerprint density at radius 3 is 2.00 bits per heavy atom. The van der Waals surface area contributed by atoms with E-state index in [1.165, 1.54) is 6.92 Å². The molecule has 1 aliphatic heterocycles. The Kier molecular flexibility index (Phi) is 4.93. The van der Waals surface area contributed by atoms with Gasteiger partial charge in [-0.3, -0.25) is 14.4 Å².